The number of nitrogens with zero attached hydrogens (tertiary/aromatic N) is 1. The fraction of sp³-hybridized carbons (Fsp3) is 0.421. The van der Waals surface area contributed by atoms with E-state index >= 15 is 0 Å². The van der Waals surface area contributed by atoms with Crippen LogP contribution in [0.4, 0.5) is 0 Å². The number of allylic oxidation sites excluding steroid dienone is 2. The maximum absolute atomic E-state index is 12.2. The quantitative estimate of drug-likeness (QED) is 0.769. The van der Waals surface area contributed by atoms with Crippen LogP contribution in [0.1, 0.15) is 42.1 Å². The molecule has 6 heteroatoms. The van der Waals surface area contributed by atoms with Crippen molar-refractivity contribution in [3.05, 3.63) is 47.2 Å². The van der Waals surface area contributed by atoms with Crippen LogP contribution in [-0.4, -0.2) is 42.4 Å². The molecular formula is C19H24N2O4. The third kappa shape index (κ3) is 5.17. The Morgan fingerprint density at radius 1 is 1.24 bits per heavy atom. The molecule has 0 heterocycles. The maximum Gasteiger partial charge on any atom is 0.325 e. The van der Waals surface area contributed by atoms with Gasteiger partial charge < -0.3 is 15.0 Å². The molecule has 25 heavy (non-hydrogen) atoms. The Hall–Kier alpha value is -2.63. The van der Waals surface area contributed by atoms with Gasteiger partial charge in [0.25, 0.3) is 11.8 Å². The van der Waals surface area contributed by atoms with E-state index in [0.717, 1.165) is 30.5 Å². The third-order valence-corrected chi connectivity index (χ3v) is 4.12. The number of benzene rings is 1. The van der Waals surface area contributed by atoms with E-state index in [1.54, 1.807) is 17.0 Å². The molecule has 1 aromatic carbocycles. The van der Waals surface area contributed by atoms with Gasteiger partial charge in [-0.1, -0.05) is 24.3 Å². The van der Waals surface area contributed by atoms with Crippen molar-refractivity contribution in [2.75, 3.05) is 19.7 Å². The second-order valence-corrected chi connectivity index (χ2v) is 5.88. The van der Waals surface area contributed by atoms with Crippen molar-refractivity contribution < 1.29 is 19.1 Å². The lowest BCUT2D eigenvalue weighted by molar-refractivity contribution is -0.150. The Bertz CT molecular complexity index is 682. The Labute approximate surface area is 147 Å². The standard InChI is InChI=1S/C19H24N2O4/c1-3-21(15-9-5-6-10-15)17(22)13-25-18(23)12-20-19(24)16-11-7-4-8-14(16)2/h4,7-9,11H,3,5-6,10,12-13H2,1-2H3,(H,20,24). The zero-order valence-corrected chi connectivity index (χ0v) is 14.7. The molecule has 2 rings (SSSR count). The van der Waals surface area contributed by atoms with Gasteiger partial charge in [0.05, 0.1) is 0 Å². The highest BCUT2D eigenvalue weighted by Gasteiger charge is 2.20. The summed E-state index contributed by atoms with van der Waals surface area (Å²) in [6.45, 7) is 3.68. The van der Waals surface area contributed by atoms with Crippen molar-refractivity contribution in [3.8, 4) is 0 Å². The molecule has 2 amide bonds. The molecule has 0 saturated heterocycles. The summed E-state index contributed by atoms with van der Waals surface area (Å²) in [5.41, 5.74) is 2.33. The van der Waals surface area contributed by atoms with Gasteiger partial charge in [0, 0.05) is 17.8 Å². The van der Waals surface area contributed by atoms with E-state index in [1.165, 1.54) is 0 Å². The van der Waals surface area contributed by atoms with Crippen molar-refractivity contribution in [1.82, 2.24) is 10.2 Å². The van der Waals surface area contributed by atoms with Crippen LogP contribution >= 0.6 is 0 Å². The number of carbonyl (C=O) groups excluding carboxylic acids is 3. The summed E-state index contributed by atoms with van der Waals surface area (Å²) in [7, 11) is 0. The number of hydrogen-bond donors (Lipinski definition) is 1. The topological polar surface area (TPSA) is 75.7 Å². The minimum Gasteiger partial charge on any atom is -0.454 e. The van der Waals surface area contributed by atoms with Crippen molar-refractivity contribution in [1.29, 1.82) is 0 Å². The average Bonchev–Trinajstić information content (AvgIpc) is 3.13. The molecular weight excluding hydrogens is 320 g/mol. The Balaban J connectivity index is 1.77. The van der Waals surface area contributed by atoms with Crippen LogP contribution in [0.25, 0.3) is 0 Å². The zero-order valence-electron chi connectivity index (χ0n) is 14.7. The molecule has 134 valence electrons. The molecule has 0 radical (unpaired) electrons. The van der Waals surface area contributed by atoms with Crippen LogP contribution < -0.4 is 5.32 Å². The van der Waals surface area contributed by atoms with Crippen molar-refractivity contribution >= 4 is 17.8 Å². The number of hydrogen-bond acceptors (Lipinski definition) is 4. The van der Waals surface area contributed by atoms with Crippen molar-refractivity contribution in [3.63, 3.8) is 0 Å². The van der Waals surface area contributed by atoms with Gasteiger partial charge in [-0.05, 0) is 44.7 Å². The summed E-state index contributed by atoms with van der Waals surface area (Å²) in [6, 6.07) is 7.11. The van der Waals surface area contributed by atoms with Gasteiger partial charge >= 0.3 is 5.97 Å². The average molecular weight is 344 g/mol. The summed E-state index contributed by atoms with van der Waals surface area (Å²) in [6.07, 6.45) is 4.94. The van der Waals surface area contributed by atoms with Crippen LogP contribution in [0.3, 0.4) is 0 Å². The van der Waals surface area contributed by atoms with Crippen LogP contribution in [0, 0.1) is 6.92 Å². The van der Waals surface area contributed by atoms with Gasteiger partial charge in [0.15, 0.2) is 6.61 Å². The largest absolute Gasteiger partial charge is 0.454 e. The highest BCUT2D eigenvalue weighted by Crippen LogP contribution is 2.21. The van der Waals surface area contributed by atoms with Gasteiger partial charge in [-0.3, -0.25) is 14.4 Å². The number of aryl methyl sites for hydroxylation is 1. The van der Waals surface area contributed by atoms with Gasteiger partial charge in [0.1, 0.15) is 6.54 Å². The number of esters is 1. The molecule has 1 aliphatic carbocycles. The van der Waals surface area contributed by atoms with E-state index < -0.39 is 5.97 Å². The van der Waals surface area contributed by atoms with Crippen LogP contribution in [0.15, 0.2) is 36.0 Å². The zero-order chi connectivity index (χ0) is 18.2. The molecule has 6 nitrogen and oxygen atoms in total. The first-order chi connectivity index (χ1) is 12.0. The van der Waals surface area contributed by atoms with E-state index in [0.29, 0.717) is 12.1 Å². The fourth-order valence-electron chi connectivity index (χ4n) is 2.79. The van der Waals surface area contributed by atoms with Crippen molar-refractivity contribution in [2.45, 2.75) is 33.1 Å². The van der Waals surface area contributed by atoms with E-state index in [1.807, 2.05) is 32.1 Å². The summed E-state index contributed by atoms with van der Waals surface area (Å²) in [4.78, 5) is 37.6. The maximum atomic E-state index is 12.2. The summed E-state index contributed by atoms with van der Waals surface area (Å²) >= 11 is 0. The molecule has 0 aliphatic heterocycles. The van der Waals surface area contributed by atoms with Gasteiger partial charge in [-0.2, -0.15) is 0 Å². The first kappa shape index (κ1) is 18.7. The molecule has 0 saturated carbocycles. The second-order valence-electron chi connectivity index (χ2n) is 5.88. The molecule has 0 atom stereocenters. The molecule has 0 spiro atoms. The van der Waals surface area contributed by atoms with E-state index in [-0.39, 0.29) is 25.0 Å². The second kappa shape index (κ2) is 9.01. The Morgan fingerprint density at radius 3 is 2.64 bits per heavy atom. The van der Waals surface area contributed by atoms with E-state index in [9.17, 15) is 14.4 Å². The summed E-state index contributed by atoms with van der Waals surface area (Å²) < 4.78 is 4.99. The van der Waals surface area contributed by atoms with E-state index in [2.05, 4.69) is 5.32 Å². The monoisotopic (exact) mass is 344 g/mol. The minimum absolute atomic E-state index is 0.241. The number of carbonyl (C=O) groups is 3. The van der Waals surface area contributed by atoms with Crippen LogP contribution in [0.2, 0.25) is 0 Å². The minimum atomic E-state index is -0.633. The first-order valence-corrected chi connectivity index (χ1v) is 8.51. The van der Waals surface area contributed by atoms with Crippen LogP contribution in [0.5, 0.6) is 0 Å². The van der Waals surface area contributed by atoms with Crippen molar-refractivity contribution in [2.24, 2.45) is 0 Å². The molecule has 0 aromatic heterocycles. The Morgan fingerprint density at radius 2 is 2.00 bits per heavy atom. The molecule has 1 N–H and O–H groups in total. The normalized spacial score (nSPS) is 13.1. The predicted octanol–water partition coefficient (Wildman–Crippen LogP) is 2.18. The molecule has 0 unspecified atom stereocenters. The Kier molecular flexibility index (Phi) is 6.74. The summed E-state index contributed by atoms with van der Waals surface area (Å²) in [5, 5.41) is 2.51. The lowest BCUT2D eigenvalue weighted by Crippen LogP contribution is -2.36. The number of rotatable bonds is 7. The molecule has 1 aliphatic rings. The SMILES string of the molecule is CCN(C(=O)COC(=O)CNC(=O)c1ccccc1C)C1=CCCC1. The van der Waals surface area contributed by atoms with E-state index in [4.69, 9.17) is 4.74 Å². The van der Waals surface area contributed by atoms with Gasteiger partial charge in [-0.25, -0.2) is 0 Å². The number of nitrogens with one attached hydrogen (secondary N) is 1. The fourth-order valence-corrected chi connectivity index (χ4v) is 2.79. The highest BCUT2D eigenvalue weighted by atomic mass is 16.5. The van der Waals surface area contributed by atoms with Gasteiger partial charge in [0.2, 0.25) is 0 Å². The highest BCUT2D eigenvalue weighted by molar-refractivity contribution is 5.97. The lowest BCUT2D eigenvalue weighted by Gasteiger charge is -2.22. The first-order valence-electron chi connectivity index (χ1n) is 8.51. The summed E-state index contributed by atoms with van der Waals surface area (Å²) in [5.74, 6) is -1.21. The van der Waals surface area contributed by atoms with Crippen LogP contribution in [-0.2, 0) is 14.3 Å². The molecule has 1 aromatic rings. The molecule has 0 fully saturated rings. The molecule has 0 bridgehead atoms. The number of ether oxygens (including phenoxy) is 1. The lowest BCUT2D eigenvalue weighted by atomic mass is 10.1. The van der Waals surface area contributed by atoms with Gasteiger partial charge in [-0.15, -0.1) is 0 Å². The predicted molar refractivity (Wildman–Crippen MR) is 93.8 cm³/mol. The smallest absolute Gasteiger partial charge is 0.325 e. The number of likely N-dealkylation sites (N-methyl/N-ethyl adjacent to an activating group) is 1. The third-order valence-electron chi connectivity index (χ3n) is 4.12. The number of amides is 2.